The number of amidine groups is 1. The first-order chi connectivity index (χ1) is 9.54. The van der Waals surface area contributed by atoms with Crippen LogP contribution in [0.2, 0.25) is 0 Å². The van der Waals surface area contributed by atoms with Crippen molar-refractivity contribution in [1.82, 2.24) is 5.32 Å². The number of benzene rings is 1. The first-order valence-corrected chi connectivity index (χ1v) is 7.28. The molecule has 2 rings (SSSR count). The normalized spacial score (nSPS) is 20.6. The molecule has 1 unspecified atom stereocenters. The standard InChI is InChI=1S/C12H10BrN3O3S/c13-8-3-1-2-7(4-8)6-14-16-12-15-11(19)9(20-12)5-10(17)18/h1-4,6,9H,5H2,(H,17,18)(H,15,16,19)/b14-6+. The largest absolute Gasteiger partial charge is 0.481 e. The molecule has 1 aliphatic heterocycles. The van der Waals surface area contributed by atoms with E-state index in [0.717, 1.165) is 21.8 Å². The highest BCUT2D eigenvalue weighted by molar-refractivity contribution is 9.10. The van der Waals surface area contributed by atoms with Crippen LogP contribution in [0.25, 0.3) is 0 Å². The number of aliphatic carboxylic acids is 1. The minimum Gasteiger partial charge on any atom is -0.481 e. The summed E-state index contributed by atoms with van der Waals surface area (Å²) in [6.45, 7) is 0. The molecule has 0 spiro atoms. The van der Waals surface area contributed by atoms with Gasteiger partial charge in [0.1, 0.15) is 5.25 Å². The molecule has 2 N–H and O–H groups in total. The van der Waals surface area contributed by atoms with Crippen LogP contribution in [-0.2, 0) is 9.59 Å². The fourth-order valence-corrected chi connectivity index (χ4v) is 2.81. The van der Waals surface area contributed by atoms with Crippen molar-refractivity contribution in [2.75, 3.05) is 0 Å². The van der Waals surface area contributed by atoms with Crippen molar-refractivity contribution in [3.63, 3.8) is 0 Å². The van der Waals surface area contributed by atoms with Crippen molar-refractivity contribution in [2.24, 2.45) is 10.2 Å². The predicted octanol–water partition coefficient (Wildman–Crippen LogP) is 1.85. The Morgan fingerprint density at radius 1 is 1.55 bits per heavy atom. The van der Waals surface area contributed by atoms with Crippen molar-refractivity contribution < 1.29 is 14.7 Å². The minimum atomic E-state index is -1.02. The lowest BCUT2D eigenvalue weighted by Crippen LogP contribution is -2.26. The van der Waals surface area contributed by atoms with Crippen LogP contribution in [0.5, 0.6) is 0 Å². The second-order valence-electron chi connectivity index (χ2n) is 3.90. The predicted molar refractivity (Wildman–Crippen MR) is 80.9 cm³/mol. The van der Waals surface area contributed by atoms with Crippen molar-refractivity contribution in [3.8, 4) is 0 Å². The smallest absolute Gasteiger partial charge is 0.305 e. The zero-order valence-electron chi connectivity index (χ0n) is 10.1. The third-order valence-electron chi connectivity index (χ3n) is 2.34. The van der Waals surface area contributed by atoms with Gasteiger partial charge >= 0.3 is 5.97 Å². The number of hydrogen-bond donors (Lipinski definition) is 2. The Morgan fingerprint density at radius 3 is 3.05 bits per heavy atom. The highest BCUT2D eigenvalue weighted by Crippen LogP contribution is 2.22. The molecule has 1 fully saturated rings. The average molecular weight is 356 g/mol. The number of carboxylic acids is 1. The number of carboxylic acid groups (broad SMARTS) is 1. The zero-order chi connectivity index (χ0) is 14.5. The minimum absolute atomic E-state index is 0.231. The van der Waals surface area contributed by atoms with Gasteiger partial charge in [-0.25, -0.2) is 0 Å². The second-order valence-corrected chi connectivity index (χ2v) is 6.01. The number of hydrogen-bond acceptors (Lipinski definition) is 5. The van der Waals surface area contributed by atoms with Gasteiger partial charge in [0.15, 0.2) is 5.17 Å². The van der Waals surface area contributed by atoms with Crippen LogP contribution < -0.4 is 5.32 Å². The van der Waals surface area contributed by atoms with Gasteiger partial charge < -0.3 is 10.4 Å². The van der Waals surface area contributed by atoms with Crippen LogP contribution in [0.3, 0.4) is 0 Å². The second kappa shape index (κ2) is 6.67. The summed E-state index contributed by atoms with van der Waals surface area (Å²) in [5, 5.41) is 18.6. The van der Waals surface area contributed by atoms with Gasteiger partial charge in [0.25, 0.3) is 0 Å². The molecular weight excluding hydrogens is 346 g/mol. The summed E-state index contributed by atoms with van der Waals surface area (Å²) in [7, 11) is 0. The Balaban J connectivity index is 1.99. The zero-order valence-corrected chi connectivity index (χ0v) is 12.5. The number of nitrogens with one attached hydrogen (secondary N) is 1. The molecule has 0 saturated carbocycles. The quantitative estimate of drug-likeness (QED) is 0.636. The summed E-state index contributed by atoms with van der Waals surface area (Å²) in [6.07, 6.45) is 1.32. The fourth-order valence-electron chi connectivity index (χ4n) is 1.48. The van der Waals surface area contributed by atoms with Crippen molar-refractivity contribution in [3.05, 3.63) is 34.3 Å². The summed E-state index contributed by atoms with van der Waals surface area (Å²) < 4.78 is 0.930. The molecule has 1 amide bonds. The Kier molecular flexibility index (Phi) is 4.91. The molecular formula is C12H10BrN3O3S. The lowest BCUT2D eigenvalue weighted by Gasteiger charge is -1.97. The lowest BCUT2D eigenvalue weighted by atomic mass is 10.2. The Bertz CT molecular complexity index is 603. The first-order valence-electron chi connectivity index (χ1n) is 5.60. The highest BCUT2D eigenvalue weighted by atomic mass is 79.9. The maximum atomic E-state index is 11.5. The molecule has 0 aromatic heterocycles. The van der Waals surface area contributed by atoms with Gasteiger partial charge in [-0.15, -0.1) is 5.10 Å². The molecule has 0 aliphatic carbocycles. The van der Waals surface area contributed by atoms with Gasteiger partial charge in [0, 0.05) is 4.47 Å². The van der Waals surface area contributed by atoms with Gasteiger partial charge in [-0.1, -0.05) is 39.8 Å². The van der Waals surface area contributed by atoms with E-state index < -0.39 is 11.2 Å². The molecule has 0 radical (unpaired) electrons. The van der Waals surface area contributed by atoms with E-state index in [2.05, 4.69) is 31.4 Å². The van der Waals surface area contributed by atoms with E-state index in [1.54, 1.807) is 6.21 Å². The van der Waals surface area contributed by atoms with E-state index in [0.29, 0.717) is 5.17 Å². The van der Waals surface area contributed by atoms with Crippen LogP contribution in [0.1, 0.15) is 12.0 Å². The Labute approximate surface area is 127 Å². The lowest BCUT2D eigenvalue weighted by molar-refractivity contribution is -0.138. The molecule has 1 atom stereocenters. The number of halogens is 1. The maximum Gasteiger partial charge on any atom is 0.305 e. The van der Waals surface area contributed by atoms with Gasteiger partial charge in [0.05, 0.1) is 12.6 Å². The summed E-state index contributed by atoms with van der Waals surface area (Å²) in [6, 6.07) is 7.50. The van der Waals surface area contributed by atoms with E-state index in [1.807, 2.05) is 24.3 Å². The third-order valence-corrected chi connectivity index (χ3v) is 3.91. The third kappa shape index (κ3) is 4.17. The summed E-state index contributed by atoms with van der Waals surface area (Å²) in [5.74, 6) is -1.37. The highest BCUT2D eigenvalue weighted by Gasteiger charge is 2.32. The van der Waals surface area contributed by atoms with Crippen LogP contribution in [0.4, 0.5) is 0 Å². The van der Waals surface area contributed by atoms with E-state index in [4.69, 9.17) is 5.11 Å². The number of amides is 1. The molecule has 6 nitrogen and oxygen atoms in total. The number of carbonyl (C=O) groups excluding carboxylic acids is 1. The molecule has 8 heteroatoms. The van der Waals surface area contributed by atoms with E-state index in [-0.39, 0.29) is 12.3 Å². The monoisotopic (exact) mass is 355 g/mol. The van der Waals surface area contributed by atoms with Crippen molar-refractivity contribution in [1.29, 1.82) is 0 Å². The molecule has 1 aliphatic rings. The molecule has 104 valence electrons. The van der Waals surface area contributed by atoms with Crippen molar-refractivity contribution in [2.45, 2.75) is 11.7 Å². The van der Waals surface area contributed by atoms with Gasteiger partial charge in [-0.3, -0.25) is 9.59 Å². The van der Waals surface area contributed by atoms with Crippen molar-refractivity contribution >= 4 is 51.0 Å². The topological polar surface area (TPSA) is 91.1 Å². The molecule has 0 bridgehead atoms. The van der Waals surface area contributed by atoms with Gasteiger partial charge in [-0.2, -0.15) is 5.10 Å². The summed E-state index contributed by atoms with van der Waals surface area (Å²) >= 11 is 4.42. The number of rotatable bonds is 4. The van der Waals surface area contributed by atoms with E-state index in [1.165, 1.54) is 0 Å². The molecule has 1 aromatic carbocycles. The molecule has 20 heavy (non-hydrogen) atoms. The summed E-state index contributed by atoms with van der Waals surface area (Å²) in [5.41, 5.74) is 0.861. The van der Waals surface area contributed by atoms with Gasteiger partial charge in [0.2, 0.25) is 5.91 Å². The molecule has 1 heterocycles. The molecule has 1 saturated heterocycles. The summed E-state index contributed by atoms with van der Waals surface area (Å²) in [4.78, 5) is 22.0. The molecule has 1 aromatic rings. The first kappa shape index (κ1) is 14.7. The van der Waals surface area contributed by atoms with Gasteiger partial charge in [-0.05, 0) is 17.7 Å². The van der Waals surface area contributed by atoms with E-state index in [9.17, 15) is 9.59 Å². The number of carbonyl (C=O) groups is 2. The Hall–Kier alpha value is -1.67. The van der Waals surface area contributed by atoms with Crippen LogP contribution >= 0.6 is 27.7 Å². The Morgan fingerprint density at radius 2 is 2.35 bits per heavy atom. The fraction of sp³-hybridized carbons (Fsp3) is 0.167. The van der Waals surface area contributed by atoms with Crippen LogP contribution in [0, 0.1) is 0 Å². The number of nitrogens with zero attached hydrogens (tertiary/aromatic N) is 2. The number of thioether (sulfide) groups is 1. The van der Waals surface area contributed by atoms with Crippen LogP contribution in [0.15, 0.2) is 38.9 Å². The van der Waals surface area contributed by atoms with E-state index >= 15 is 0 Å². The maximum absolute atomic E-state index is 11.5. The average Bonchev–Trinajstić information content (AvgIpc) is 2.69. The SMILES string of the molecule is O=C(O)CC1S/C(=N/N=C/c2cccc(Br)c2)NC1=O. The van der Waals surface area contributed by atoms with Crippen LogP contribution in [-0.4, -0.2) is 33.6 Å².